The molecule has 1 fully saturated rings. The van der Waals surface area contributed by atoms with Crippen LogP contribution in [0.5, 0.6) is 0 Å². The number of rotatable bonds is 2. The number of Topliss-reactive ketones (excluding diaryl/α,β-unsaturated/α-hetero) is 1. The first-order chi connectivity index (χ1) is 7.22. The number of hydrogen-bond donors (Lipinski definition) is 0. The van der Waals surface area contributed by atoms with Gasteiger partial charge in [-0.05, 0) is 37.4 Å². The van der Waals surface area contributed by atoms with Gasteiger partial charge >= 0.3 is 0 Å². The molecule has 1 unspecified atom stereocenters. The Morgan fingerprint density at radius 1 is 1.19 bits per heavy atom. The van der Waals surface area contributed by atoms with Crippen molar-refractivity contribution in [3.8, 4) is 0 Å². The molecule has 1 aliphatic rings. The first-order valence-corrected chi connectivity index (χ1v) is 9.33. The summed E-state index contributed by atoms with van der Waals surface area (Å²) in [6, 6.07) is 0. The normalized spacial score (nSPS) is 24.3. The molecule has 0 aliphatic heterocycles. The van der Waals surface area contributed by atoms with Gasteiger partial charge in [0.2, 0.25) is 0 Å². The fraction of sp³-hybridized carbons (Fsp3) is 0.923. The summed E-state index contributed by atoms with van der Waals surface area (Å²) in [5.41, 5.74) is 0. The summed E-state index contributed by atoms with van der Waals surface area (Å²) in [7, 11) is -1.65. The third-order valence-corrected chi connectivity index (χ3v) is 8.53. The number of hydrogen-bond acceptors (Lipinski definition) is 2. The van der Waals surface area contributed by atoms with Gasteiger partial charge in [-0.2, -0.15) is 0 Å². The summed E-state index contributed by atoms with van der Waals surface area (Å²) < 4.78 is 6.36. The Bertz CT molecular complexity index is 253. The Morgan fingerprint density at radius 2 is 1.81 bits per heavy atom. The molecular formula is C13H26O2Si. The monoisotopic (exact) mass is 242 g/mol. The molecule has 0 saturated heterocycles. The summed E-state index contributed by atoms with van der Waals surface area (Å²) in [5, 5.41) is 0.267. The molecule has 1 saturated carbocycles. The van der Waals surface area contributed by atoms with E-state index in [9.17, 15) is 4.79 Å². The SMILES string of the molecule is CC(C)(C)[Si](C)(C)OC1CCCC(=O)CC1. The van der Waals surface area contributed by atoms with E-state index < -0.39 is 8.32 Å². The average molecular weight is 242 g/mol. The van der Waals surface area contributed by atoms with Crippen LogP contribution in [0.2, 0.25) is 18.1 Å². The van der Waals surface area contributed by atoms with Gasteiger partial charge in [-0.3, -0.25) is 4.79 Å². The molecule has 0 amide bonds. The minimum atomic E-state index is -1.65. The van der Waals surface area contributed by atoms with Crippen LogP contribution in [0, 0.1) is 0 Å². The van der Waals surface area contributed by atoms with Gasteiger partial charge in [0.1, 0.15) is 5.78 Å². The largest absolute Gasteiger partial charge is 0.414 e. The van der Waals surface area contributed by atoms with Crippen molar-refractivity contribution in [2.75, 3.05) is 0 Å². The Morgan fingerprint density at radius 3 is 2.38 bits per heavy atom. The van der Waals surface area contributed by atoms with Crippen molar-refractivity contribution < 1.29 is 9.22 Å². The highest BCUT2D eigenvalue weighted by Crippen LogP contribution is 2.38. The predicted molar refractivity (Wildman–Crippen MR) is 70.2 cm³/mol. The van der Waals surface area contributed by atoms with Crippen molar-refractivity contribution >= 4 is 14.1 Å². The van der Waals surface area contributed by atoms with E-state index in [0.717, 1.165) is 32.1 Å². The maximum Gasteiger partial charge on any atom is 0.192 e. The summed E-state index contributed by atoms with van der Waals surface area (Å²) >= 11 is 0. The molecule has 0 aromatic carbocycles. The van der Waals surface area contributed by atoms with E-state index in [2.05, 4.69) is 33.9 Å². The topological polar surface area (TPSA) is 26.3 Å². The molecule has 0 aromatic rings. The Balaban J connectivity index is 2.56. The molecule has 0 N–H and O–H groups in total. The van der Waals surface area contributed by atoms with Crippen molar-refractivity contribution in [3.63, 3.8) is 0 Å². The van der Waals surface area contributed by atoms with Crippen LogP contribution >= 0.6 is 0 Å². The van der Waals surface area contributed by atoms with Crippen molar-refractivity contribution in [2.24, 2.45) is 0 Å². The van der Waals surface area contributed by atoms with Gasteiger partial charge in [0, 0.05) is 18.9 Å². The van der Waals surface area contributed by atoms with E-state index in [1.165, 1.54) is 0 Å². The minimum Gasteiger partial charge on any atom is -0.414 e. The maximum atomic E-state index is 11.3. The molecule has 0 heterocycles. The smallest absolute Gasteiger partial charge is 0.192 e. The first kappa shape index (κ1) is 13.9. The van der Waals surface area contributed by atoms with E-state index in [0.29, 0.717) is 11.9 Å². The fourth-order valence-electron chi connectivity index (χ4n) is 1.83. The molecule has 0 aromatic heterocycles. The molecule has 94 valence electrons. The Hall–Kier alpha value is -0.153. The van der Waals surface area contributed by atoms with Gasteiger partial charge in [0.15, 0.2) is 8.32 Å². The van der Waals surface area contributed by atoms with Crippen LogP contribution in [0.1, 0.15) is 52.9 Å². The highest BCUT2D eigenvalue weighted by Gasteiger charge is 2.39. The third kappa shape index (κ3) is 3.70. The standard InChI is InChI=1S/C13H26O2Si/c1-13(2,3)16(4,5)15-12-8-6-7-11(14)9-10-12/h12H,6-10H2,1-5H3. The summed E-state index contributed by atoms with van der Waals surface area (Å²) in [6.07, 6.45) is 4.82. The van der Waals surface area contributed by atoms with Gasteiger partial charge in [-0.15, -0.1) is 0 Å². The van der Waals surface area contributed by atoms with Gasteiger partial charge in [0.05, 0.1) is 0 Å². The molecule has 1 rings (SSSR count). The summed E-state index contributed by atoms with van der Waals surface area (Å²) in [6.45, 7) is 11.4. The molecular weight excluding hydrogens is 216 g/mol. The number of carbonyl (C=O) groups excluding carboxylic acids is 1. The van der Waals surface area contributed by atoms with Gasteiger partial charge < -0.3 is 4.43 Å². The summed E-state index contributed by atoms with van der Waals surface area (Å²) in [5.74, 6) is 0.418. The van der Waals surface area contributed by atoms with E-state index in [4.69, 9.17) is 4.43 Å². The summed E-state index contributed by atoms with van der Waals surface area (Å²) in [4.78, 5) is 11.3. The molecule has 1 atom stereocenters. The highest BCUT2D eigenvalue weighted by atomic mass is 28.4. The highest BCUT2D eigenvalue weighted by molar-refractivity contribution is 6.74. The molecule has 3 heteroatoms. The second-order valence-corrected chi connectivity index (χ2v) is 11.2. The van der Waals surface area contributed by atoms with E-state index in [-0.39, 0.29) is 5.04 Å². The Labute approximate surface area is 101 Å². The predicted octanol–water partition coefficient (Wildman–Crippen LogP) is 3.91. The van der Waals surface area contributed by atoms with Gasteiger partial charge in [0.25, 0.3) is 0 Å². The van der Waals surface area contributed by atoms with Crippen LogP contribution in [0.15, 0.2) is 0 Å². The quantitative estimate of drug-likeness (QED) is 0.542. The van der Waals surface area contributed by atoms with E-state index in [1.54, 1.807) is 0 Å². The van der Waals surface area contributed by atoms with Gasteiger partial charge in [-0.1, -0.05) is 20.8 Å². The lowest BCUT2D eigenvalue weighted by Crippen LogP contribution is -2.43. The third-order valence-electron chi connectivity index (χ3n) is 3.99. The fourth-order valence-corrected chi connectivity index (χ4v) is 3.25. The van der Waals surface area contributed by atoms with Gasteiger partial charge in [-0.25, -0.2) is 0 Å². The molecule has 0 bridgehead atoms. The van der Waals surface area contributed by atoms with Crippen LogP contribution in [-0.2, 0) is 9.22 Å². The zero-order valence-electron chi connectivity index (χ0n) is 11.4. The number of ketones is 1. The van der Waals surface area contributed by atoms with Crippen LogP contribution in [0.25, 0.3) is 0 Å². The zero-order valence-corrected chi connectivity index (χ0v) is 12.4. The van der Waals surface area contributed by atoms with Crippen molar-refractivity contribution in [1.29, 1.82) is 0 Å². The van der Waals surface area contributed by atoms with Crippen LogP contribution in [-0.4, -0.2) is 20.2 Å². The second-order valence-electron chi connectivity index (χ2n) is 6.47. The van der Waals surface area contributed by atoms with Crippen molar-refractivity contribution in [3.05, 3.63) is 0 Å². The van der Waals surface area contributed by atoms with E-state index in [1.807, 2.05) is 0 Å². The van der Waals surface area contributed by atoms with Crippen LogP contribution in [0.3, 0.4) is 0 Å². The molecule has 16 heavy (non-hydrogen) atoms. The second kappa shape index (κ2) is 5.01. The Kier molecular flexibility index (Phi) is 4.35. The van der Waals surface area contributed by atoms with Crippen LogP contribution < -0.4 is 0 Å². The minimum absolute atomic E-state index is 0.267. The molecule has 2 nitrogen and oxygen atoms in total. The lowest BCUT2D eigenvalue weighted by Gasteiger charge is -2.39. The molecule has 0 spiro atoms. The van der Waals surface area contributed by atoms with Crippen molar-refractivity contribution in [1.82, 2.24) is 0 Å². The lowest BCUT2D eigenvalue weighted by molar-refractivity contribution is -0.119. The first-order valence-electron chi connectivity index (χ1n) is 6.42. The maximum absolute atomic E-state index is 11.3. The van der Waals surface area contributed by atoms with Crippen molar-refractivity contribution in [2.45, 2.75) is 77.1 Å². The van der Waals surface area contributed by atoms with E-state index >= 15 is 0 Å². The zero-order chi connectivity index (χ0) is 12.4. The molecule has 1 aliphatic carbocycles. The van der Waals surface area contributed by atoms with Crippen LogP contribution in [0.4, 0.5) is 0 Å². The molecule has 0 radical (unpaired) electrons. The average Bonchev–Trinajstić information content (AvgIpc) is 2.28. The number of carbonyl (C=O) groups is 1. The lowest BCUT2D eigenvalue weighted by atomic mass is 10.2.